The summed E-state index contributed by atoms with van der Waals surface area (Å²) in [5.41, 5.74) is 8.66. The molecule has 0 heterocycles. The van der Waals surface area contributed by atoms with Gasteiger partial charge in [-0.3, -0.25) is 0 Å². The molecule has 0 aliphatic heterocycles. The van der Waals surface area contributed by atoms with Crippen LogP contribution in [0.2, 0.25) is 0 Å². The van der Waals surface area contributed by atoms with Crippen LogP contribution >= 0.6 is 0 Å². The Morgan fingerprint density at radius 2 is 1.78 bits per heavy atom. The normalized spacial score (nSPS) is 14.5. The van der Waals surface area contributed by atoms with Crippen molar-refractivity contribution in [1.29, 1.82) is 0 Å². The molecule has 0 saturated carbocycles. The largest absolute Gasteiger partial charge is 0.320 e. The summed E-state index contributed by atoms with van der Waals surface area (Å²) in [7, 11) is 0. The summed E-state index contributed by atoms with van der Waals surface area (Å²) >= 11 is 0. The van der Waals surface area contributed by atoms with Crippen LogP contribution in [-0.4, -0.2) is 24.5 Å². The van der Waals surface area contributed by atoms with Gasteiger partial charge in [-0.2, -0.15) is 0 Å². The van der Waals surface area contributed by atoms with Gasteiger partial charge in [0.2, 0.25) is 0 Å². The zero-order valence-electron chi connectivity index (χ0n) is 11.9. The van der Waals surface area contributed by atoms with Gasteiger partial charge in [-0.25, -0.2) is 0 Å². The summed E-state index contributed by atoms with van der Waals surface area (Å²) in [6, 6.07) is 10.4. The van der Waals surface area contributed by atoms with E-state index < -0.39 is 0 Å². The molecule has 0 aromatic heterocycles. The van der Waals surface area contributed by atoms with Crippen molar-refractivity contribution >= 4 is 0 Å². The molecule has 0 fully saturated rings. The van der Waals surface area contributed by atoms with Crippen molar-refractivity contribution in [2.24, 2.45) is 5.73 Å². The molecule has 0 amide bonds. The van der Waals surface area contributed by atoms with E-state index in [1.165, 1.54) is 5.56 Å². The summed E-state index contributed by atoms with van der Waals surface area (Å²) in [5, 5.41) is 0. The first-order valence-electron chi connectivity index (χ1n) is 6.73. The van der Waals surface area contributed by atoms with Crippen LogP contribution in [0.5, 0.6) is 0 Å². The maximum absolute atomic E-state index is 6.67. The number of rotatable bonds is 7. The fourth-order valence-electron chi connectivity index (χ4n) is 2.40. The molecular weight excluding hydrogens is 220 g/mol. The lowest BCUT2D eigenvalue weighted by Gasteiger charge is -2.35. The maximum atomic E-state index is 6.67. The number of likely N-dealkylation sites (N-methyl/N-ethyl adjacent to an activating group) is 1. The lowest BCUT2D eigenvalue weighted by atomic mass is 9.84. The van der Waals surface area contributed by atoms with Crippen molar-refractivity contribution in [3.8, 4) is 0 Å². The summed E-state index contributed by atoms with van der Waals surface area (Å²) in [6.07, 6.45) is 0.827. The minimum Gasteiger partial charge on any atom is -0.320 e. The standard InChI is InChI=1S/C16H26N2/c1-5-18(6-2)13-16(17,12-14(3)4)15-10-8-7-9-11-15/h7-11H,3,5-6,12-13,17H2,1-2,4H3. The number of hydrogen-bond acceptors (Lipinski definition) is 2. The first-order chi connectivity index (χ1) is 8.51. The molecule has 0 bridgehead atoms. The summed E-state index contributed by atoms with van der Waals surface area (Å²) in [4.78, 5) is 2.37. The molecule has 100 valence electrons. The lowest BCUT2D eigenvalue weighted by molar-refractivity contribution is 0.224. The van der Waals surface area contributed by atoms with Gasteiger partial charge in [-0.05, 0) is 32.0 Å². The predicted molar refractivity (Wildman–Crippen MR) is 79.5 cm³/mol. The zero-order chi connectivity index (χ0) is 13.6. The van der Waals surface area contributed by atoms with E-state index in [0.29, 0.717) is 0 Å². The van der Waals surface area contributed by atoms with Gasteiger partial charge in [0.1, 0.15) is 0 Å². The smallest absolute Gasteiger partial charge is 0.0575 e. The van der Waals surface area contributed by atoms with Gasteiger partial charge in [0.15, 0.2) is 0 Å². The monoisotopic (exact) mass is 246 g/mol. The van der Waals surface area contributed by atoms with Crippen molar-refractivity contribution in [3.05, 3.63) is 48.0 Å². The van der Waals surface area contributed by atoms with Crippen LogP contribution in [0.1, 0.15) is 32.8 Å². The highest BCUT2D eigenvalue weighted by atomic mass is 15.1. The van der Waals surface area contributed by atoms with E-state index in [0.717, 1.165) is 31.6 Å². The molecule has 2 heteroatoms. The van der Waals surface area contributed by atoms with Gasteiger partial charge in [-0.15, -0.1) is 6.58 Å². The van der Waals surface area contributed by atoms with Crippen molar-refractivity contribution in [2.45, 2.75) is 32.7 Å². The van der Waals surface area contributed by atoms with Gasteiger partial charge in [0.25, 0.3) is 0 Å². The Labute approximate surface area is 111 Å². The molecule has 1 unspecified atom stereocenters. The molecule has 1 aromatic rings. The van der Waals surface area contributed by atoms with Gasteiger partial charge >= 0.3 is 0 Å². The van der Waals surface area contributed by atoms with E-state index in [1.54, 1.807) is 0 Å². The highest BCUT2D eigenvalue weighted by Gasteiger charge is 2.28. The first-order valence-corrected chi connectivity index (χ1v) is 6.73. The van der Waals surface area contributed by atoms with E-state index in [4.69, 9.17) is 5.73 Å². The molecule has 1 atom stereocenters. The molecule has 0 aliphatic rings. The minimum atomic E-state index is -0.334. The predicted octanol–water partition coefficient (Wildman–Crippen LogP) is 3.15. The summed E-state index contributed by atoms with van der Waals surface area (Å²) < 4.78 is 0. The Morgan fingerprint density at radius 1 is 1.22 bits per heavy atom. The molecule has 0 spiro atoms. The van der Waals surface area contributed by atoms with Crippen LogP contribution in [0.4, 0.5) is 0 Å². The van der Waals surface area contributed by atoms with E-state index in [9.17, 15) is 0 Å². The average molecular weight is 246 g/mol. The van der Waals surface area contributed by atoms with Crippen LogP contribution in [0, 0.1) is 0 Å². The summed E-state index contributed by atoms with van der Waals surface area (Å²) in [5.74, 6) is 0. The third-order valence-electron chi connectivity index (χ3n) is 3.37. The molecule has 1 aromatic carbocycles. The minimum absolute atomic E-state index is 0.334. The number of hydrogen-bond donors (Lipinski definition) is 1. The fraction of sp³-hybridized carbons (Fsp3) is 0.500. The Bertz CT molecular complexity index is 368. The van der Waals surface area contributed by atoms with E-state index in [2.05, 4.69) is 49.6 Å². The molecule has 0 saturated heterocycles. The molecular formula is C16H26N2. The fourth-order valence-corrected chi connectivity index (χ4v) is 2.40. The van der Waals surface area contributed by atoms with Crippen molar-refractivity contribution in [2.75, 3.05) is 19.6 Å². The van der Waals surface area contributed by atoms with Crippen LogP contribution in [0.3, 0.4) is 0 Å². The van der Waals surface area contributed by atoms with Crippen LogP contribution in [-0.2, 0) is 5.54 Å². The van der Waals surface area contributed by atoms with Crippen molar-refractivity contribution in [3.63, 3.8) is 0 Å². The second-order valence-corrected chi connectivity index (χ2v) is 5.12. The van der Waals surface area contributed by atoms with Crippen LogP contribution < -0.4 is 5.73 Å². The van der Waals surface area contributed by atoms with Gasteiger partial charge in [0, 0.05) is 6.54 Å². The van der Waals surface area contributed by atoms with E-state index >= 15 is 0 Å². The molecule has 0 aliphatic carbocycles. The highest BCUT2D eigenvalue weighted by molar-refractivity contribution is 5.26. The van der Waals surface area contributed by atoms with Gasteiger partial charge < -0.3 is 10.6 Å². The second-order valence-electron chi connectivity index (χ2n) is 5.12. The molecule has 0 radical (unpaired) electrons. The van der Waals surface area contributed by atoms with Crippen LogP contribution in [0.15, 0.2) is 42.5 Å². The molecule has 18 heavy (non-hydrogen) atoms. The second kappa shape index (κ2) is 6.72. The van der Waals surface area contributed by atoms with Crippen molar-refractivity contribution in [1.82, 2.24) is 4.90 Å². The Hall–Kier alpha value is -1.12. The van der Waals surface area contributed by atoms with E-state index in [-0.39, 0.29) is 5.54 Å². The third kappa shape index (κ3) is 3.97. The summed E-state index contributed by atoms with van der Waals surface area (Å²) in [6.45, 7) is 13.4. The first kappa shape index (κ1) is 14.9. The number of benzene rings is 1. The number of nitrogens with two attached hydrogens (primary N) is 1. The molecule has 2 nitrogen and oxygen atoms in total. The Morgan fingerprint density at radius 3 is 2.22 bits per heavy atom. The Kier molecular flexibility index (Phi) is 5.57. The van der Waals surface area contributed by atoms with Crippen molar-refractivity contribution < 1.29 is 0 Å². The van der Waals surface area contributed by atoms with Gasteiger partial charge in [-0.1, -0.05) is 49.8 Å². The molecule has 2 N–H and O–H groups in total. The molecule has 1 rings (SSSR count). The third-order valence-corrected chi connectivity index (χ3v) is 3.37. The van der Waals surface area contributed by atoms with Gasteiger partial charge in [0.05, 0.1) is 5.54 Å². The SMILES string of the molecule is C=C(C)CC(N)(CN(CC)CC)c1ccccc1. The maximum Gasteiger partial charge on any atom is 0.0575 e. The Balaban J connectivity index is 2.98. The van der Waals surface area contributed by atoms with E-state index in [1.807, 2.05) is 13.0 Å². The number of nitrogens with zero attached hydrogens (tertiary/aromatic N) is 1. The highest BCUT2D eigenvalue weighted by Crippen LogP contribution is 2.26. The zero-order valence-corrected chi connectivity index (χ0v) is 11.9. The topological polar surface area (TPSA) is 29.3 Å². The average Bonchev–Trinajstić information content (AvgIpc) is 2.36. The lowest BCUT2D eigenvalue weighted by Crippen LogP contribution is -2.47. The quantitative estimate of drug-likeness (QED) is 0.749. The van der Waals surface area contributed by atoms with Crippen LogP contribution in [0.25, 0.3) is 0 Å².